The predicted octanol–water partition coefficient (Wildman–Crippen LogP) is 5.41. The highest BCUT2D eigenvalue weighted by molar-refractivity contribution is 9.10. The second-order valence-electron chi connectivity index (χ2n) is 6.98. The zero-order chi connectivity index (χ0) is 23.8. The van der Waals surface area contributed by atoms with Gasteiger partial charge in [-0.25, -0.2) is 5.43 Å². The number of hydrazone groups is 1. The van der Waals surface area contributed by atoms with Crippen molar-refractivity contribution in [1.82, 2.24) is 5.43 Å². The van der Waals surface area contributed by atoms with Gasteiger partial charge in [0.1, 0.15) is 6.61 Å². The first-order chi connectivity index (χ1) is 15.9. The van der Waals surface area contributed by atoms with E-state index in [2.05, 4.69) is 26.5 Å². The molecule has 0 aromatic heterocycles. The molecule has 3 rings (SSSR count). The number of carbonyl (C=O) groups is 1. The van der Waals surface area contributed by atoms with E-state index in [1.54, 1.807) is 12.1 Å². The van der Waals surface area contributed by atoms with Crippen LogP contribution in [0, 0.1) is 17.0 Å². The summed E-state index contributed by atoms with van der Waals surface area (Å²) in [6.45, 7) is 4.73. The summed E-state index contributed by atoms with van der Waals surface area (Å²) in [6.07, 6.45) is 1.45. The number of nitrogens with one attached hydrogen (secondary N) is 1. The van der Waals surface area contributed by atoms with Crippen molar-refractivity contribution in [2.75, 3.05) is 6.61 Å². The molecule has 0 aliphatic rings. The Bertz CT molecular complexity index is 1200. The first kappa shape index (κ1) is 23.9. The van der Waals surface area contributed by atoms with Gasteiger partial charge in [0.25, 0.3) is 11.6 Å². The van der Waals surface area contributed by atoms with Crippen LogP contribution in [0.15, 0.2) is 70.2 Å². The van der Waals surface area contributed by atoms with Gasteiger partial charge in [0.05, 0.1) is 22.2 Å². The largest absolute Gasteiger partial charge is 0.490 e. The highest BCUT2D eigenvalue weighted by Gasteiger charge is 2.13. The summed E-state index contributed by atoms with van der Waals surface area (Å²) in [6, 6.07) is 16.9. The van der Waals surface area contributed by atoms with Gasteiger partial charge in [-0.2, -0.15) is 5.10 Å². The summed E-state index contributed by atoms with van der Waals surface area (Å²) in [7, 11) is 0. The van der Waals surface area contributed by atoms with Gasteiger partial charge < -0.3 is 9.47 Å². The third-order valence-electron chi connectivity index (χ3n) is 4.66. The number of non-ortho nitro benzene ring substituents is 1. The number of hydrogen-bond donors (Lipinski definition) is 1. The van der Waals surface area contributed by atoms with Crippen LogP contribution in [0.25, 0.3) is 0 Å². The van der Waals surface area contributed by atoms with Crippen LogP contribution in [0.4, 0.5) is 5.69 Å². The average molecular weight is 512 g/mol. The van der Waals surface area contributed by atoms with E-state index in [0.717, 1.165) is 11.1 Å². The van der Waals surface area contributed by atoms with Crippen molar-refractivity contribution in [3.8, 4) is 11.5 Å². The molecule has 0 heterocycles. The van der Waals surface area contributed by atoms with Crippen molar-refractivity contribution in [2.45, 2.75) is 20.5 Å². The Balaban J connectivity index is 1.73. The summed E-state index contributed by atoms with van der Waals surface area (Å²) in [5.74, 6) is 0.544. The molecule has 0 spiro atoms. The van der Waals surface area contributed by atoms with Crippen molar-refractivity contribution in [2.24, 2.45) is 5.10 Å². The van der Waals surface area contributed by atoms with Crippen LogP contribution in [0.3, 0.4) is 0 Å². The van der Waals surface area contributed by atoms with Crippen molar-refractivity contribution in [3.63, 3.8) is 0 Å². The molecule has 0 saturated heterocycles. The Hall–Kier alpha value is -3.72. The number of benzene rings is 3. The number of amides is 1. The molecular weight excluding hydrogens is 490 g/mol. The molecule has 9 heteroatoms. The van der Waals surface area contributed by atoms with E-state index in [1.165, 1.54) is 30.5 Å². The normalized spacial score (nSPS) is 10.8. The fourth-order valence-corrected chi connectivity index (χ4v) is 3.55. The molecule has 3 aromatic carbocycles. The van der Waals surface area contributed by atoms with E-state index in [9.17, 15) is 14.9 Å². The van der Waals surface area contributed by atoms with Gasteiger partial charge in [0.2, 0.25) is 0 Å². The minimum Gasteiger partial charge on any atom is -0.490 e. The number of nitro benzene ring substituents is 1. The SMILES string of the molecule is CCOc1cc(/C=N\NC(=O)c2cccc([N+](=O)[O-])c2)cc(Br)c1OCc1ccccc1C. The van der Waals surface area contributed by atoms with Crippen LogP contribution in [-0.2, 0) is 6.61 Å². The Morgan fingerprint density at radius 1 is 1.15 bits per heavy atom. The monoisotopic (exact) mass is 511 g/mol. The second kappa shape index (κ2) is 11.2. The number of carbonyl (C=O) groups excluding carboxylic acids is 1. The highest BCUT2D eigenvalue weighted by Crippen LogP contribution is 2.37. The van der Waals surface area contributed by atoms with Gasteiger partial charge in [-0.1, -0.05) is 30.3 Å². The number of nitro groups is 1. The molecule has 33 heavy (non-hydrogen) atoms. The smallest absolute Gasteiger partial charge is 0.271 e. The molecule has 8 nitrogen and oxygen atoms in total. The number of hydrogen-bond acceptors (Lipinski definition) is 6. The molecule has 0 radical (unpaired) electrons. The summed E-state index contributed by atoms with van der Waals surface area (Å²) in [5, 5.41) is 14.8. The summed E-state index contributed by atoms with van der Waals surface area (Å²) in [4.78, 5) is 22.6. The van der Waals surface area contributed by atoms with Crippen molar-refractivity contribution in [3.05, 3.63) is 97.5 Å². The van der Waals surface area contributed by atoms with Gasteiger partial charge in [0.15, 0.2) is 11.5 Å². The van der Waals surface area contributed by atoms with E-state index in [1.807, 2.05) is 38.1 Å². The highest BCUT2D eigenvalue weighted by atomic mass is 79.9. The lowest BCUT2D eigenvalue weighted by Crippen LogP contribution is -2.17. The number of aryl methyl sites for hydroxylation is 1. The number of nitrogens with zero attached hydrogens (tertiary/aromatic N) is 2. The zero-order valence-corrected chi connectivity index (χ0v) is 19.7. The minimum atomic E-state index is -0.560. The van der Waals surface area contributed by atoms with Gasteiger partial charge >= 0.3 is 0 Å². The third kappa shape index (κ3) is 6.39. The first-order valence-electron chi connectivity index (χ1n) is 10.1. The van der Waals surface area contributed by atoms with E-state index in [4.69, 9.17) is 9.47 Å². The van der Waals surface area contributed by atoms with Crippen LogP contribution >= 0.6 is 15.9 Å². The maximum atomic E-state index is 12.2. The number of halogens is 1. The quantitative estimate of drug-likeness (QED) is 0.235. The van der Waals surface area contributed by atoms with E-state index in [-0.39, 0.29) is 11.3 Å². The molecule has 1 N–H and O–H groups in total. The fourth-order valence-electron chi connectivity index (χ4n) is 2.98. The Kier molecular flexibility index (Phi) is 8.15. The maximum Gasteiger partial charge on any atom is 0.271 e. The number of ether oxygens (including phenoxy) is 2. The molecule has 0 aliphatic carbocycles. The molecule has 0 fully saturated rings. The van der Waals surface area contributed by atoms with E-state index in [0.29, 0.717) is 34.7 Å². The molecule has 3 aromatic rings. The third-order valence-corrected chi connectivity index (χ3v) is 5.25. The molecule has 170 valence electrons. The van der Waals surface area contributed by atoms with Gasteiger partial charge in [-0.15, -0.1) is 0 Å². The van der Waals surface area contributed by atoms with Crippen LogP contribution in [0.2, 0.25) is 0 Å². The predicted molar refractivity (Wildman–Crippen MR) is 129 cm³/mol. The second-order valence-corrected chi connectivity index (χ2v) is 7.84. The summed E-state index contributed by atoms with van der Waals surface area (Å²) in [5.41, 5.74) is 5.21. The Morgan fingerprint density at radius 3 is 2.67 bits per heavy atom. The Morgan fingerprint density at radius 2 is 1.94 bits per heavy atom. The topological polar surface area (TPSA) is 103 Å². The van der Waals surface area contributed by atoms with E-state index >= 15 is 0 Å². The molecule has 0 unspecified atom stereocenters. The molecule has 0 bridgehead atoms. The molecule has 0 aliphatic heterocycles. The van der Waals surface area contributed by atoms with Crippen molar-refractivity contribution < 1.29 is 19.2 Å². The summed E-state index contributed by atoms with van der Waals surface area (Å²) >= 11 is 3.52. The van der Waals surface area contributed by atoms with Crippen LogP contribution < -0.4 is 14.9 Å². The average Bonchev–Trinajstić information content (AvgIpc) is 2.80. The maximum absolute atomic E-state index is 12.2. The van der Waals surface area contributed by atoms with Crippen LogP contribution in [-0.4, -0.2) is 23.7 Å². The number of rotatable bonds is 9. The lowest BCUT2D eigenvalue weighted by Gasteiger charge is -2.15. The van der Waals surface area contributed by atoms with Gasteiger partial charge in [0, 0.05) is 17.7 Å². The Labute approximate surface area is 199 Å². The van der Waals surface area contributed by atoms with Crippen molar-refractivity contribution >= 4 is 33.7 Å². The zero-order valence-electron chi connectivity index (χ0n) is 18.1. The standard InChI is InChI=1S/C24H22BrN3O5/c1-3-32-22-12-17(11-21(25)23(22)33-15-19-8-5-4-7-16(19)2)14-26-27-24(29)18-9-6-10-20(13-18)28(30)31/h4-14H,3,15H2,1-2H3,(H,27,29)/b26-14-. The van der Waals surface area contributed by atoms with Crippen molar-refractivity contribution in [1.29, 1.82) is 0 Å². The lowest BCUT2D eigenvalue weighted by molar-refractivity contribution is -0.384. The molecular formula is C24H22BrN3O5. The summed E-state index contributed by atoms with van der Waals surface area (Å²) < 4.78 is 12.4. The molecule has 0 saturated carbocycles. The molecule has 0 atom stereocenters. The molecule has 1 amide bonds. The fraction of sp³-hybridized carbons (Fsp3) is 0.167. The van der Waals surface area contributed by atoms with Gasteiger partial charge in [-0.05, 0) is 64.7 Å². The van der Waals surface area contributed by atoms with Crippen LogP contribution in [0.1, 0.15) is 34.0 Å². The first-order valence-corrected chi connectivity index (χ1v) is 10.9. The van der Waals surface area contributed by atoms with Crippen LogP contribution in [0.5, 0.6) is 11.5 Å². The minimum absolute atomic E-state index is 0.137. The van der Waals surface area contributed by atoms with E-state index < -0.39 is 10.8 Å². The lowest BCUT2D eigenvalue weighted by atomic mass is 10.1. The van der Waals surface area contributed by atoms with Gasteiger partial charge in [-0.3, -0.25) is 14.9 Å².